The van der Waals surface area contributed by atoms with Gasteiger partial charge >= 0.3 is 5.97 Å². The molecule has 0 aromatic carbocycles. The van der Waals surface area contributed by atoms with Crippen molar-refractivity contribution in [3.8, 4) is 0 Å². The van der Waals surface area contributed by atoms with Gasteiger partial charge in [-0.15, -0.1) is 0 Å². The summed E-state index contributed by atoms with van der Waals surface area (Å²) >= 11 is 0. The Morgan fingerprint density at radius 2 is 1.65 bits per heavy atom. The van der Waals surface area contributed by atoms with E-state index in [-0.39, 0.29) is 17.9 Å². The van der Waals surface area contributed by atoms with E-state index in [4.69, 9.17) is 5.11 Å². The molecule has 0 unspecified atom stereocenters. The normalized spacial score (nSPS) is 20.1. The fourth-order valence-electron chi connectivity index (χ4n) is 2.67. The predicted molar refractivity (Wildman–Crippen MR) is 65.7 cm³/mol. The number of carboxylic acid groups (broad SMARTS) is 1. The molecule has 1 aliphatic rings. The highest BCUT2D eigenvalue weighted by molar-refractivity contribution is 5.85. The van der Waals surface area contributed by atoms with Crippen LogP contribution >= 0.6 is 0 Å². The second kappa shape index (κ2) is 6.62. The Labute approximate surface area is 103 Å². The van der Waals surface area contributed by atoms with Crippen molar-refractivity contribution in [3.05, 3.63) is 0 Å². The van der Waals surface area contributed by atoms with Crippen LogP contribution in [0.1, 0.15) is 58.3 Å². The molecule has 1 rings (SSSR count). The second-order valence-electron chi connectivity index (χ2n) is 4.98. The molecule has 2 N–H and O–H groups in total. The third-order valence-corrected chi connectivity index (χ3v) is 3.87. The maximum atomic E-state index is 12.1. The van der Waals surface area contributed by atoms with Gasteiger partial charge in [-0.2, -0.15) is 0 Å². The number of aliphatic carboxylic acids is 1. The first-order valence-corrected chi connectivity index (χ1v) is 6.61. The lowest BCUT2D eigenvalue weighted by Gasteiger charge is -2.32. The van der Waals surface area contributed by atoms with Gasteiger partial charge in [-0.1, -0.05) is 39.0 Å². The van der Waals surface area contributed by atoms with Crippen LogP contribution in [0.4, 0.5) is 0 Å². The van der Waals surface area contributed by atoms with Gasteiger partial charge in [0.2, 0.25) is 5.91 Å². The first-order valence-electron chi connectivity index (χ1n) is 6.61. The zero-order valence-electron chi connectivity index (χ0n) is 10.6. The van der Waals surface area contributed by atoms with Crippen LogP contribution in [-0.2, 0) is 9.59 Å². The van der Waals surface area contributed by atoms with Crippen molar-refractivity contribution in [2.24, 2.45) is 5.41 Å². The topological polar surface area (TPSA) is 66.4 Å². The molecule has 17 heavy (non-hydrogen) atoms. The van der Waals surface area contributed by atoms with Crippen LogP contribution < -0.4 is 5.32 Å². The first kappa shape index (κ1) is 14.0. The lowest BCUT2D eigenvalue weighted by molar-refractivity contribution is -0.140. The molecule has 0 aliphatic heterocycles. The molecule has 0 spiro atoms. The van der Waals surface area contributed by atoms with Gasteiger partial charge in [0.25, 0.3) is 0 Å². The lowest BCUT2D eigenvalue weighted by atomic mass is 9.73. The molecule has 1 saturated carbocycles. The quantitative estimate of drug-likeness (QED) is 0.793. The molecule has 98 valence electrons. The lowest BCUT2D eigenvalue weighted by Crippen LogP contribution is -2.43. The minimum atomic E-state index is -0.976. The van der Waals surface area contributed by atoms with Gasteiger partial charge in [0.05, 0.1) is 0 Å². The van der Waals surface area contributed by atoms with Crippen molar-refractivity contribution in [2.45, 2.75) is 58.3 Å². The molecule has 0 heterocycles. The van der Waals surface area contributed by atoms with Crippen LogP contribution in [0.3, 0.4) is 0 Å². The van der Waals surface area contributed by atoms with Gasteiger partial charge in [-0.3, -0.25) is 9.59 Å². The largest absolute Gasteiger partial charge is 0.480 e. The molecule has 0 bridgehead atoms. The molecule has 4 heteroatoms. The maximum Gasteiger partial charge on any atom is 0.322 e. The Hall–Kier alpha value is -1.06. The Bertz CT molecular complexity index is 268. The Morgan fingerprint density at radius 3 is 2.12 bits per heavy atom. The molecule has 1 aliphatic carbocycles. The number of rotatable bonds is 4. The molecule has 0 radical (unpaired) electrons. The monoisotopic (exact) mass is 241 g/mol. The number of hydrogen-bond donors (Lipinski definition) is 2. The minimum Gasteiger partial charge on any atom is -0.480 e. The zero-order chi connectivity index (χ0) is 12.7. The van der Waals surface area contributed by atoms with E-state index in [9.17, 15) is 9.59 Å². The van der Waals surface area contributed by atoms with E-state index < -0.39 is 5.97 Å². The summed E-state index contributed by atoms with van der Waals surface area (Å²) in [5, 5.41) is 11.2. The Morgan fingerprint density at radius 1 is 1.12 bits per heavy atom. The van der Waals surface area contributed by atoms with E-state index in [2.05, 4.69) is 5.32 Å². The van der Waals surface area contributed by atoms with Gasteiger partial charge in [-0.25, -0.2) is 0 Å². The summed E-state index contributed by atoms with van der Waals surface area (Å²) in [6.45, 7) is 1.77. The van der Waals surface area contributed by atoms with E-state index in [1.807, 2.05) is 6.92 Å². The number of carbonyl (C=O) groups excluding carboxylic acids is 1. The molecule has 1 fully saturated rings. The second-order valence-corrected chi connectivity index (χ2v) is 4.98. The third-order valence-electron chi connectivity index (χ3n) is 3.87. The maximum absolute atomic E-state index is 12.1. The number of nitrogens with one attached hydrogen (secondary N) is 1. The highest BCUT2D eigenvalue weighted by Gasteiger charge is 2.36. The van der Waals surface area contributed by atoms with E-state index >= 15 is 0 Å². The molecule has 4 nitrogen and oxygen atoms in total. The summed E-state index contributed by atoms with van der Waals surface area (Å²) in [4.78, 5) is 22.6. The first-order chi connectivity index (χ1) is 8.10. The van der Waals surface area contributed by atoms with E-state index in [1.54, 1.807) is 0 Å². The van der Waals surface area contributed by atoms with Crippen LogP contribution in [0, 0.1) is 5.41 Å². The molecule has 0 aromatic rings. The van der Waals surface area contributed by atoms with Gasteiger partial charge in [0, 0.05) is 5.41 Å². The minimum absolute atomic E-state index is 0.0655. The SMILES string of the molecule is CCC1(C(=O)NCC(=O)O)CCCCCCC1. The number of carboxylic acids is 1. The van der Waals surface area contributed by atoms with Crippen LogP contribution in [-0.4, -0.2) is 23.5 Å². The third kappa shape index (κ3) is 4.02. The van der Waals surface area contributed by atoms with Crippen molar-refractivity contribution >= 4 is 11.9 Å². The van der Waals surface area contributed by atoms with Gasteiger partial charge in [0.1, 0.15) is 6.54 Å². The predicted octanol–water partition coefficient (Wildman–Crippen LogP) is 2.33. The fourth-order valence-corrected chi connectivity index (χ4v) is 2.67. The summed E-state index contributed by atoms with van der Waals surface area (Å²) in [7, 11) is 0. The van der Waals surface area contributed by atoms with Crippen molar-refractivity contribution in [3.63, 3.8) is 0 Å². The average Bonchev–Trinajstić information content (AvgIpc) is 2.26. The van der Waals surface area contributed by atoms with Crippen LogP contribution in [0.25, 0.3) is 0 Å². The van der Waals surface area contributed by atoms with Crippen molar-refractivity contribution in [1.82, 2.24) is 5.32 Å². The highest BCUT2D eigenvalue weighted by Crippen LogP contribution is 2.37. The fraction of sp³-hybridized carbons (Fsp3) is 0.846. The highest BCUT2D eigenvalue weighted by atomic mass is 16.4. The van der Waals surface area contributed by atoms with Crippen LogP contribution in [0.5, 0.6) is 0 Å². The van der Waals surface area contributed by atoms with Crippen molar-refractivity contribution in [2.75, 3.05) is 6.54 Å². The summed E-state index contributed by atoms with van der Waals surface area (Å²) in [5.74, 6) is -1.04. The number of hydrogen-bond acceptors (Lipinski definition) is 2. The Kier molecular flexibility index (Phi) is 5.45. The summed E-state index contributed by atoms with van der Waals surface area (Å²) in [6.07, 6.45) is 8.39. The molecular weight excluding hydrogens is 218 g/mol. The average molecular weight is 241 g/mol. The van der Waals surface area contributed by atoms with Crippen LogP contribution in [0.2, 0.25) is 0 Å². The van der Waals surface area contributed by atoms with Gasteiger partial charge < -0.3 is 10.4 Å². The Balaban J connectivity index is 2.63. The summed E-state index contributed by atoms with van der Waals surface area (Å²) < 4.78 is 0. The van der Waals surface area contributed by atoms with Gasteiger partial charge in [-0.05, 0) is 19.3 Å². The van der Waals surface area contributed by atoms with E-state index in [0.29, 0.717) is 0 Å². The smallest absolute Gasteiger partial charge is 0.322 e. The van der Waals surface area contributed by atoms with Crippen molar-refractivity contribution in [1.29, 1.82) is 0 Å². The standard InChI is InChI=1S/C13H23NO3/c1-2-13(12(17)14-10-11(15)16)8-6-4-3-5-7-9-13/h2-10H2,1H3,(H,14,17)(H,15,16). The summed E-state index contributed by atoms with van der Waals surface area (Å²) in [6, 6.07) is 0. The number of carbonyl (C=O) groups is 2. The molecule has 0 aromatic heterocycles. The van der Waals surface area contributed by atoms with Gasteiger partial charge in [0.15, 0.2) is 0 Å². The van der Waals surface area contributed by atoms with Crippen LogP contribution in [0.15, 0.2) is 0 Å². The van der Waals surface area contributed by atoms with Crippen molar-refractivity contribution < 1.29 is 14.7 Å². The number of amides is 1. The van der Waals surface area contributed by atoms with E-state index in [1.165, 1.54) is 19.3 Å². The molecule has 0 saturated heterocycles. The summed E-state index contributed by atoms with van der Waals surface area (Å²) in [5.41, 5.74) is -0.324. The molecule has 1 amide bonds. The zero-order valence-corrected chi connectivity index (χ0v) is 10.6. The molecule has 0 atom stereocenters. The van der Waals surface area contributed by atoms with E-state index in [0.717, 1.165) is 32.1 Å². The molecular formula is C13H23NO3.